The van der Waals surface area contributed by atoms with Crippen molar-refractivity contribution >= 4 is 62.5 Å². The van der Waals surface area contributed by atoms with Crippen LogP contribution < -0.4 is 14.8 Å². The number of hydrogen-bond donors (Lipinski definition) is 1. The molecule has 0 aromatic heterocycles. The molecule has 0 aliphatic heterocycles. The molecule has 1 amide bonds. The van der Waals surface area contributed by atoms with E-state index < -0.39 is 10.8 Å². The lowest BCUT2D eigenvalue weighted by Crippen LogP contribution is -2.13. The number of benzene rings is 3. The first-order valence-electron chi connectivity index (χ1n) is 10.4. The predicted molar refractivity (Wildman–Crippen MR) is 141 cm³/mol. The van der Waals surface area contributed by atoms with Crippen molar-refractivity contribution in [3.8, 4) is 17.6 Å². The number of hydrogen-bond acceptors (Lipinski definition) is 6. The number of nitro benzene ring substituents is 1. The summed E-state index contributed by atoms with van der Waals surface area (Å²) >= 11 is 15.5. The van der Waals surface area contributed by atoms with Crippen LogP contribution in [0, 0.1) is 21.4 Å². The molecule has 0 bridgehead atoms. The number of rotatable bonds is 9. The Bertz CT molecular complexity index is 1390. The first-order valence-corrected chi connectivity index (χ1v) is 12.0. The second-order valence-corrected chi connectivity index (χ2v) is 8.89. The minimum atomic E-state index is -0.720. The van der Waals surface area contributed by atoms with E-state index in [2.05, 4.69) is 21.2 Å². The Balaban J connectivity index is 1.85. The van der Waals surface area contributed by atoms with Gasteiger partial charge >= 0.3 is 0 Å². The molecule has 36 heavy (non-hydrogen) atoms. The minimum absolute atomic E-state index is 0.184. The molecule has 11 heteroatoms. The molecule has 0 atom stereocenters. The Labute approximate surface area is 225 Å². The van der Waals surface area contributed by atoms with Gasteiger partial charge in [0.1, 0.15) is 18.2 Å². The molecule has 0 saturated carbocycles. The fraction of sp³-hybridized carbons (Fsp3) is 0.120. The Morgan fingerprint density at radius 1 is 1.14 bits per heavy atom. The van der Waals surface area contributed by atoms with E-state index in [1.807, 2.05) is 13.0 Å². The Morgan fingerprint density at radius 2 is 1.89 bits per heavy atom. The molecule has 3 aromatic rings. The van der Waals surface area contributed by atoms with Crippen molar-refractivity contribution in [1.29, 1.82) is 5.26 Å². The quantitative estimate of drug-likeness (QED) is 0.122. The predicted octanol–water partition coefficient (Wildman–Crippen LogP) is 7.19. The highest BCUT2D eigenvalue weighted by molar-refractivity contribution is 9.10. The summed E-state index contributed by atoms with van der Waals surface area (Å²) in [7, 11) is 0. The van der Waals surface area contributed by atoms with E-state index in [0.29, 0.717) is 38.2 Å². The van der Waals surface area contributed by atoms with Gasteiger partial charge in [0.2, 0.25) is 0 Å². The van der Waals surface area contributed by atoms with Crippen molar-refractivity contribution in [2.24, 2.45) is 0 Å². The summed E-state index contributed by atoms with van der Waals surface area (Å²) in [6.45, 7) is 2.37. The monoisotopic (exact) mass is 589 g/mol. The topological polar surface area (TPSA) is 114 Å². The van der Waals surface area contributed by atoms with E-state index in [1.165, 1.54) is 30.3 Å². The third kappa shape index (κ3) is 6.98. The third-order valence-electron chi connectivity index (χ3n) is 4.72. The Kier molecular flexibility index (Phi) is 9.31. The van der Waals surface area contributed by atoms with Crippen molar-refractivity contribution in [2.45, 2.75) is 13.5 Å². The summed E-state index contributed by atoms with van der Waals surface area (Å²) in [6, 6.07) is 15.8. The van der Waals surface area contributed by atoms with Crippen LogP contribution in [0.25, 0.3) is 6.08 Å². The molecule has 0 saturated heterocycles. The van der Waals surface area contributed by atoms with Crippen LogP contribution in [-0.4, -0.2) is 17.4 Å². The maximum absolute atomic E-state index is 12.7. The number of halogens is 3. The average molecular weight is 591 g/mol. The van der Waals surface area contributed by atoms with E-state index >= 15 is 0 Å². The number of nitro groups is 1. The van der Waals surface area contributed by atoms with Crippen molar-refractivity contribution in [2.75, 3.05) is 11.9 Å². The zero-order valence-electron chi connectivity index (χ0n) is 18.8. The van der Waals surface area contributed by atoms with Crippen molar-refractivity contribution in [3.63, 3.8) is 0 Å². The molecule has 184 valence electrons. The summed E-state index contributed by atoms with van der Waals surface area (Å²) in [5.74, 6) is 0.123. The van der Waals surface area contributed by atoms with Gasteiger partial charge in [0.25, 0.3) is 11.6 Å². The molecule has 8 nitrogen and oxygen atoms in total. The van der Waals surface area contributed by atoms with Gasteiger partial charge in [-0.3, -0.25) is 14.9 Å². The number of nitrogens with zero attached hydrogens (tertiary/aromatic N) is 2. The fourth-order valence-corrected chi connectivity index (χ4v) is 3.79. The van der Waals surface area contributed by atoms with Gasteiger partial charge in [-0.2, -0.15) is 5.26 Å². The molecule has 0 fully saturated rings. The summed E-state index contributed by atoms with van der Waals surface area (Å²) in [5, 5.41) is 23.9. The molecule has 3 aromatic carbocycles. The number of ether oxygens (including phenoxy) is 2. The average Bonchev–Trinajstić information content (AvgIpc) is 2.85. The summed E-state index contributed by atoms with van der Waals surface area (Å²) in [5.41, 5.74) is 1.09. The number of carbonyl (C=O) groups excluding carboxylic acids is 1. The maximum Gasteiger partial charge on any atom is 0.271 e. The number of anilines is 1. The lowest BCUT2D eigenvalue weighted by molar-refractivity contribution is -0.384. The van der Waals surface area contributed by atoms with Crippen LogP contribution in [0.1, 0.15) is 18.1 Å². The number of nitriles is 1. The normalized spacial score (nSPS) is 10.9. The largest absolute Gasteiger partial charge is 0.490 e. The Hall–Kier alpha value is -3.58. The molecule has 0 radical (unpaired) electrons. The smallest absolute Gasteiger partial charge is 0.271 e. The van der Waals surface area contributed by atoms with E-state index in [9.17, 15) is 20.2 Å². The Morgan fingerprint density at radius 3 is 2.56 bits per heavy atom. The van der Waals surface area contributed by atoms with Gasteiger partial charge in [0.05, 0.1) is 21.6 Å². The highest BCUT2D eigenvalue weighted by Gasteiger charge is 2.15. The number of non-ortho nitro benzene ring substituents is 1. The third-order valence-corrected chi connectivity index (χ3v) is 6.15. The van der Waals surface area contributed by atoms with Crippen LogP contribution in [0.2, 0.25) is 10.0 Å². The highest BCUT2D eigenvalue weighted by Crippen LogP contribution is 2.36. The standard InChI is InChI=1S/C25H18BrCl2N3O5/c1-2-35-23-10-16(20(26)12-24(23)36-14-15-6-7-21(27)22(28)8-15)9-17(13-29)25(32)30-18-4-3-5-19(11-18)31(33)34/h3-12H,2,14H2,1H3,(H,30,32)/b17-9+. The number of amides is 1. The van der Waals surface area contributed by atoms with Crippen LogP contribution in [0.5, 0.6) is 11.5 Å². The SMILES string of the molecule is CCOc1cc(/C=C(\C#N)C(=O)Nc2cccc([N+](=O)[O-])c2)c(Br)cc1OCc1ccc(Cl)c(Cl)c1. The molecule has 0 aliphatic rings. The zero-order chi connectivity index (χ0) is 26.2. The van der Waals surface area contributed by atoms with Gasteiger partial charge in [0, 0.05) is 22.3 Å². The van der Waals surface area contributed by atoms with Crippen LogP contribution >= 0.6 is 39.1 Å². The first-order chi connectivity index (χ1) is 17.2. The lowest BCUT2D eigenvalue weighted by atomic mass is 10.1. The molecular weight excluding hydrogens is 573 g/mol. The van der Waals surface area contributed by atoms with E-state index in [-0.39, 0.29) is 23.6 Å². The molecule has 1 N–H and O–H groups in total. The lowest BCUT2D eigenvalue weighted by Gasteiger charge is -2.14. The molecule has 0 heterocycles. The van der Waals surface area contributed by atoms with E-state index in [0.717, 1.165) is 5.56 Å². The van der Waals surface area contributed by atoms with Crippen molar-refractivity contribution < 1.29 is 19.2 Å². The molecule has 0 unspecified atom stereocenters. The molecule has 0 aliphatic carbocycles. The second-order valence-electron chi connectivity index (χ2n) is 7.22. The van der Waals surface area contributed by atoms with Gasteiger partial charge in [-0.05, 0) is 54.5 Å². The van der Waals surface area contributed by atoms with Crippen LogP contribution in [0.15, 0.2) is 64.6 Å². The molecule has 3 rings (SSSR count). The van der Waals surface area contributed by atoms with Gasteiger partial charge < -0.3 is 14.8 Å². The maximum atomic E-state index is 12.7. The van der Waals surface area contributed by atoms with Crippen LogP contribution in [-0.2, 0) is 11.4 Å². The van der Waals surface area contributed by atoms with Gasteiger partial charge in [-0.1, -0.05) is 51.3 Å². The summed E-state index contributed by atoms with van der Waals surface area (Å²) in [6.07, 6.45) is 1.38. The van der Waals surface area contributed by atoms with Crippen molar-refractivity contribution in [3.05, 3.63) is 95.9 Å². The van der Waals surface area contributed by atoms with Gasteiger partial charge in [0.15, 0.2) is 11.5 Å². The molecular formula is C25H18BrCl2N3O5. The van der Waals surface area contributed by atoms with Crippen LogP contribution in [0.4, 0.5) is 11.4 Å². The van der Waals surface area contributed by atoms with Gasteiger partial charge in [-0.25, -0.2) is 0 Å². The van der Waals surface area contributed by atoms with Crippen molar-refractivity contribution in [1.82, 2.24) is 0 Å². The van der Waals surface area contributed by atoms with E-state index in [1.54, 1.807) is 30.3 Å². The fourth-order valence-electron chi connectivity index (χ4n) is 3.03. The highest BCUT2D eigenvalue weighted by atomic mass is 79.9. The number of nitrogens with one attached hydrogen (secondary N) is 1. The van der Waals surface area contributed by atoms with Gasteiger partial charge in [-0.15, -0.1) is 0 Å². The molecule has 0 spiro atoms. The second kappa shape index (κ2) is 12.4. The van der Waals surface area contributed by atoms with E-state index in [4.69, 9.17) is 32.7 Å². The minimum Gasteiger partial charge on any atom is -0.490 e. The first kappa shape index (κ1) is 27.0. The summed E-state index contributed by atoms with van der Waals surface area (Å²) < 4.78 is 12.2. The zero-order valence-corrected chi connectivity index (χ0v) is 21.9. The number of carbonyl (C=O) groups is 1. The summed E-state index contributed by atoms with van der Waals surface area (Å²) in [4.78, 5) is 23.1. The van der Waals surface area contributed by atoms with Crippen LogP contribution in [0.3, 0.4) is 0 Å².